The van der Waals surface area contributed by atoms with Crippen LogP contribution in [0.1, 0.15) is 36.3 Å². The fraction of sp³-hybridized carbons (Fsp3) is 0.417. The zero-order chi connectivity index (χ0) is 20.7. The molecule has 1 unspecified atom stereocenters. The lowest BCUT2D eigenvalue weighted by Gasteiger charge is -2.32. The van der Waals surface area contributed by atoms with E-state index in [9.17, 15) is 14.7 Å². The van der Waals surface area contributed by atoms with Crippen molar-refractivity contribution in [3.63, 3.8) is 0 Å². The molecular formula is C24H25NO4S. The molecule has 2 aromatic carbocycles. The molecular weight excluding hydrogens is 398 g/mol. The molecule has 2 aromatic rings. The van der Waals surface area contributed by atoms with Gasteiger partial charge in [-0.05, 0) is 58.4 Å². The summed E-state index contributed by atoms with van der Waals surface area (Å²) in [4.78, 5) is 26.3. The van der Waals surface area contributed by atoms with Crippen LogP contribution in [0.15, 0.2) is 48.5 Å². The van der Waals surface area contributed by atoms with Crippen LogP contribution in [0.5, 0.6) is 0 Å². The highest BCUT2D eigenvalue weighted by molar-refractivity contribution is 7.99. The van der Waals surface area contributed by atoms with Crippen molar-refractivity contribution in [2.75, 3.05) is 24.7 Å². The first kappa shape index (κ1) is 19.5. The number of amides is 1. The van der Waals surface area contributed by atoms with Gasteiger partial charge in [0.15, 0.2) is 0 Å². The maximum Gasteiger partial charge on any atom is 0.410 e. The van der Waals surface area contributed by atoms with E-state index >= 15 is 0 Å². The maximum absolute atomic E-state index is 13.0. The summed E-state index contributed by atoms with van der Waals surface area (Å²) in [5.74, 6) is 1.11. The van der Waals surface area contributed by atoms with Gasteiger partial charge in [0, 0.05) is 12.5 Å². The summed E-state index contributed by atoms with van der Waals surface area (Å²) in [6.45, 7) is 0.708. The minimum absolute atomic E-state index is 0.0210. The number of carboxylic acids is 1. The third-order valence-corrected chi connectivity index (χ3v) is 7.90. The predicted molar refractivity (Wildman–Crippen MR) is 117 cm³/mol. The minimum Gasteiger partial charge on any atom is -0.480 e. The van der Waals surface area contributed by atoms with Crippen molar-refractivity contribution in [1.82, 2.24) is 4.90 Å². The van der Waals surface area contributed by atoms with Gasteiger partial charge in [-0.3, -0.25) is 4.90 Å². The number of hydrogen-bond acceptors (Lipinski definition) is 4. The molecule has 0 radical (unpaired) electrons. The van der Waals surface area contributed by atoms with Crippen LogP contribution in [0.4, 0.5) is 4.79 Å². The number of ether oxygens (including phenoxy) is 1. The van der Waals surface area contributed by atoms with E-state index in [4.69, 9.17) is 4.74 Å². The number of fused-ring (bicyclic) bond motifs is 3. The second-order valence-corrected chi connectivity index (χ2v) is 9.83. The number of aliphatic carboxylic acids is 1. The van der Waals surface area contributed by atoms with Gasteiger partial charge in [0.25, 0.3) is 0 Å². The smallest absolute Gasteiger partial charge is 0.410 e. The molecule has 1 N–H and O–H groups in total. The van der Waals surface area contributed by atoms with E-state index in [0.717, 1.165) is 35.5 Å². The maximum atomic E-state index is 13.0. The Balaban J connectivity index is 1.34. The summed E-state index contributed by atoms with van der Waals surface area (Å²) in [6, 6.07) is 15.6. The van der Waals surface area contributed by atoms with E-state index in [1.54, 1.807) is 0 Å². The summed E-state index contributed by atoms with van der Waals surface area (Å²) in [5, 5.41) is 9.73. The van der Waals surface area contributed by atoms with Crippen LogP contribution in [-0.2, 0) is 9.53 Å². The third kappa shape index (κ3) is 3.27. The zero-order valence-electron chi connectivity index (χ0n) is 16.8. The number of carbonyl (C=O) groups excluding carboxylic acids is 1. The average molecular weight is 424 g/mol. The highest BCUT2D eigenvalue weighted by atomic mass is 32.2. The van der Waals surface area contributed by atoms with Gasteiger partial charge in [0.05, 0.1) is 0 Å². The highest BCUT2D eigenvalue weighted by Gasteiger charge is 2.49. The Morgan fingerprint density at radius 3 is 2.23 bits per heavy atom. The lowest BCUT2D eigenvalue weighted by atomic mass is 9.80. The number of benzene rings is 2. The highest BCUT2D eigenvalue weighted by Crippen LogP contribution is 2.47. The number of thioether (sulfide) groups is 1. The summed E-state index contributed by atoms with van der Waals surface area (Å²) < 4.78 is 5.76. The summed E-state index contributed by atoms with van der Waals surface area (Å²) in [5.41, 5.74) is 4.60. The van der Waals surface area contributed by atoms with Gasteiger partial charge in [-0.1, -0.05) is 48.5 Å². The number of nitrogens with zero attached hydrogens (tertiary/aromatic N) is 1. The van der Waals surface area contributed by atoms with E-state index in [2.05, 4.69) is 24.3 Å². The van der Waals surface area contributed by atoms with Crippen LogP contribution < -0.4 is 0 Å². The number of hydrogen-bond donors (Lipinski definition) is 1. The van der Waals surface area contributed by atoms with E-state index in [1.165, 1.54) is 16.0 Å². The summed E-state index contributed by atoms with van der Waals surface area (Å²) in [7, 11) is 0. The van der Waals surface area contributed by atoms with Crippen LogP contribution in [0.2, 0.25) is 0 Å². The summed E-state index contributed by atoms with van der Waals surface area (Å²) in [6.07, 6.45) is 1.97. The SMILES string of the molecule is O=C(O)C1CC2(CCSCC2)CN1C(=O)OCC1c2ccccc2-c2ccccc21. The Labute approximate surface area is 180 Å². The molecule has 156 valence electrons. The lowest BCUT2D eigenvalue weighted by molar-refractivity contribution is -0.141. The van der Waals surface area contributed by atoms with Gasteiger partial charge in [0.1, 0.15) is 12.6 Å². The fourth-order valence-corrected chi connectivity index (χ4v) is 6.67. The Kier molecular flexibility index (Phi) is 4.97. The van der Waals surface area contributed by atoms with Gasteiger partial charge in [-0.25, -0.2) is 9.59 Å². The molecule has 30 heavy (non-hydrogen) atoms. The van der Waals surface area contributed by atoms with Crippen LogP contribution in [0.25, 0.3) is 11.1 Å². The second kappa shape index (κ2) is 7.65. The van der Waals surface area contributed by atoms with Crippen LogP contribution in [0.3, 0.4) is 0 Å². The Morgan fingerprint density at radius 1 is 1.03 bits per heavy atom. The van der Waals surface area contributed by atoms with E-state index in [0.29, 0.717) is 13.0 Å². The first-order chi connectivity index (χ1) is 14.6. The largest absolute Gasteiger partial charge is 0.480 e. The van der Waals surface area contributed by atoms with E-state index in [1.807, 2.05) is 36.0 Å². The molecule has 1 aliphatic carbocycles. The molecule has 3 aliphatic rings. The molecule has 2 heterocycles. The molecule has 0 saturated carbocycles. The topological polar surface area (TPSA) is 66.8 Å². The van der Waals surface area contributed by atoms with Crippen molar-refractivity contribution in [2.24, 2.45) is 5.41 Å². The molecule has 1 amide bonds. The van der Waals surface area contributed by atoms with Crippen molar-refractivity contribution in [2.45, 2.75) is 31.2 Å². The molecule has 1 spiro atoms. The van der Waals surface area contributed by atoms with Crippen LogP contribution in [0, 0.1) is 5.41 Å². The van der Waals surface area contributed by atoms with E-state index in [-0.39, 0.29) is 17.9 Å². The molecule has 2 saturated heterocycles. The Morgan fingerprint density at radius 2 is 1.63 bits per heavy atom. The number of rotatable bonds is 3. The van der Waals surface area contributed by atoms with Crippen molar-refractivity contribution >= 4 is 23.8 Å². The van der Waals surface area contributed by atoms with Crippen molar-refractivity contribution in [1.29, 1.82) is 0 Å². The lowest BCUT2D eigenvalue weighted by Crippen LogP contribution is -2.41. The van der Waals surface area contributed by atoms with Gasteiger partial charge < -0.3 is 9.84 Å². The molecule has 0 aromatic heterocycles. The molecule has 2 aliphatic heterocycles. The normalized spacial score (nSPS) is 22.0. The van der Waals surface area contributed by atoms with Crippen LogP contribution in [-0.4, -0.2) is 52.8 Å². The fourth-order valence-electron chi connectivity index (χ4n) is 5.31. The first-order valence-corrected chi connectivity index (χ1v) is 11.7. The monoisotopic (exact) mass is 423 g/mol. The molecule has 5 nitrogen and oxygen atoms in total. The number of carboxylic acid groups (broad SMARTS) is 1. The third-order valence-electron chi connectivity index (χ3n) is 6.92. The minimum atomic E-state index is -0.932. The number of carbonyl (C=O) groups is 2. The van der Waals surface area contributed by atoms with Gasteiger partial charge in [0.2, 0.25) is 0 Å². The van der Waals surface area contributed by atoms with Crippen molar-refractivity contribution in [3.05, 3.63) is 59.7 Å². The van der Waals surface area contributed by atoms with Gasteiger partial charge in [-0.2, -0.15) is 11.8 Å². The Hall–Kier alpha value is -2.47. The molecule has 5 rings (SSSR count). The summed E-state index contributed by atoms with van der Waals surface area (Å²) >= 11 is 1.91. The first-order valence-electron chi connectivity index (χ1n) is 10.5. The molecule has 6 heteroatoms. The average Bonchev–Trinajstić information content (AvgIpc) is 3.29. The van der Waals surface area contributed by atoms with Crippen molar-refractivity contribution < 1.29 is 19.4 Å². The van der Waals surface area contributed by atoms with Crippen molar-refractivity contribution in [3.8, 4) is 11.1 Å². The van der Waals surface area contributed by atoms with E-state index < -0.39 is 18.1 Å². The predicted octanol–water partition coefficient (Wildman–Crippen LogP) is 4.61. The van der Waals surface area contributed by atoms with Gasteiger partial charge >= 0.3 is 12.1 Å². The zero-order valence-corrected chi connectivity index (χ0v) is 17.6. The quantitative estimate of drug-likeness (QED) is 0.781. The molecule has 0 bridgehead atoms. The van der Waals surface area contributed by atoms with Crippen LogP contribution >= 0.6 is 11.8 Å². The standard InChI is InChI=1S/C24H25NO4S/c26-22(27)21-13-24(9-11-30-12-10-24)15-25(21)23(28)29-14-20-18-7-3-1-5-16(18)17-6-2-4-8-19(17)20/h1-8,20-21H,9-15H2,(H,26,27). The number of likely N-dealkylation sites (tertiary alicyclic amines) is 1. The van der Waals surface area contributed by atoms with Gasteiger partial charge in [-0.15, -0.1) is 0 Å². The molecule has 1 atom stereocenters. The second-order valence-electron chi connectivity index (χ2n) is 8.60. The Bertz CT molecular complexity index is 939. The molecule has 2 fully saturated rings.